The minimum absolute atomic E-state index is 0.00965. The predicted molar refractivity (Wildman–Crippen MR) is 116 cm³/mol. The van der Waals surface area contributed by atoms with Gasteiger partial charge in [-0.3, -0.25) is 4.79 Å². The summed E-state index contributed by atoms with van der Waals surface area (Å²) in [6.45, 7) is 1.99. The quantitative estimate of drug-likeness (QED) is 0.434. The van der Waals surface area contributed by atoms with E-state index in [4.69, 9.17) is 5.11 Å². The van der Waals surface area contributed by atoms with Crippen molar-refractivity contribution in [2.45, 2.75) is 57.9 Å². The van der Waals surface area contributed by atoms with Gasteiger partial charge in [0, 0.05) is 17.9 Å². The number of allylic oxidation sites excluding steroid dienone is 2. The standard InChI is InChI=1S/C23H31NO4S/c1-17-7-6-8-18(15-17)13-14-29(27,28)24-23-20-12-11-19(16-20)21(23)9-4-2-3-5-10-22(25)26/h2,4,6-8,13-15,19-21,23-24H,3,5,9-12,16H2,1H3,(H,25,26). The molecule has 4 atom stereocenters. The molecule has 6 heteroatoms. The second-order valence-electron chi connectivity index (χ2n) is 8.40. The zero-order valence-corrected chi connectivity index (χ0v) is 17.8. The minimum Gasteiger partial charge on any atom is -0.481 e. The van der Waals surface area contributed by atoms with Crippen molar-refractivity contribution >= 4 is 22.1 Å². The van der Waals surface area contributed by atoms with Gasteiger partial charge >= 0.3 is 5.97 Å². The summed E-state index contributed by atoms with van der Waals surface area (Å²) in [4.78, 5) is 10.6. The van der Waals surface area contributed by atoms with E-state index in [0.717, 1.165) is 36.8 Å². The first-order valence-corrected chi connectivity index (χ1v) is 12.0. The summed E-state index contributed by atoms with van der Waals surface area (Å²) in [6, 6.07) is 7.75. The molecule has 2 bridgehead atoms. The van der Waals surface area contributed by atoms with Gasteiger partial charge < -0.3 is 5.11 Å². The Morgan fingerprint density at radius 1 is 1.24 bits per heavy atom. The van der Waals surface area contributed by atoms with Gasteiger partial charge in [0.05, 0.1) is 0 Å². The molecule has 2 aliphatic rings. The van der Waals surface area contributed by atoms with Crippen LogP contribution >= 0.6 is 0 Å². The van der Waals surface area contributed by atoms with Gasteiger partial charge in [0.15, 0.2) is 0 Å². The molecular formula is C23H31NO4S. The van der Waals surface area contributed by atoms with E-state index < -0.39 is 16.0 Å². The number of unbranched alkanes of at least 4 members (excludes halogenated alkanes) is 1. The van der Waals surface area contributed by atoms with Crippen LogP contribution in [0.5, 0.6) is 0 Å². The van der Waals surface area contributed by atoms with E-state index in [9.17, 15) is 13.2 Å². The molecule has 0 saturated heterocycles. The van der Waals surface area contributed by atoms with E-state index in [2.05, 4.69) is 10.8 Å². The van der Waals surface area contributed by atoms with E-state index in [1.807, 2.05) is 37.3 Å². The zero-order valence-electron chi connectivity index (χ0n) is 17.0. The van der Waals surface area contributed by atoms with E-state index in [0.29, 0.717) is 24.2 Å². The highest BCUT2D eigenvalue weighted by Crippen LogP contribution is 2.50. The molecule has 0 amide bonds. The largest absolute Gasteiger partial charge is 0.481 e. The molecule has 0 spiro atoms. The monoisotopic (exact) mass is 417 g/mol. The molecule has 0 radical (unpaired) electrons. The number of rotatable bonds is 10. The summed E-state index contributed by atoms with van der Waals surface area (Å²) in [5, 5.41) is 9.98. The molecule has 0 aromatic heterocycles. The maximum atomic E-state index is 12.7. The molecule has 1 aromatic rings. The van der Waals surface area contributed by atoms with Crippen LogP contribution in [0.1, 0.15) is 56.1 Å². The average molecular weight is 418 g/mol. The lowest BCUT2D eigenvalue weighted by Gasteiger charge is -2.30. The van der Waals surface area contributed by atoms with Crippen LogP contribution in [0.15, 0.2) is 41.8 Å². The lowest BCUT2D eigenvalue weighted by Crippen LogP contribution is -2.43. The minimum atomic E-state index is -3.50. The Kier molecular flexibility index (Phi) is 7.30. The molecule has 2 fully saturated rings. The smallest absolute Gasteiger partial charge is 0.303 e. The van der Waals surface area contributed by atoms with Gasteiger partial charge in [-0.2, -0.15) is 0 Å². The Hall–Kier alpha value is -1.92. The molecule has 1 aromatic carbocycles. The zero-order chi connectivity index (χ0) is 20.9. The fraction of sp³-hybridized carbons (Fsp3) is 0.522. The van der Waals surface area contributed by atoms with Crippen molar-refractivity contribution in [3.05, 3.63) is 53.0 Å². The van der Waals surface area contributed by atoms with Crippen molar-refractivity contribution in [1.82, 2.24) is 4.72 Å². The number of sulfonamides is 1. The highest BCUT2D eigenvalue weighted by molar-refractivity contribution is 7.92. The van der Waals surface area contributed by atoms with Crippen LogP contribution in [0.25, 0.3) is 6.08 Å². The van der Waals surface area contributed by atoms with Crippen molar-refractivity contribution < 1.29 is 18.3 Å². The number of carboxylic acids is 1. The lowest BCUT2D eigenvalue weighted by atomic mass is 9.83. The van der Waals surface area contributed by atoms with E-state index in [1.54, 1.807) is 6.08 Å². The second kappa shape index (κ2) is 9.72. The average Bonchev–Trinajstić information content (AvgIpc) is 3.25. The van der Waals surface area contributed by atoms with Gasteiger partial charge in [0.1, 0.15) is 0 Å². The third-order valence-electron chi connectivity index (χ3n) is 6.21. The molecule has 29 heavy (non-hydrogen) atoms. The highest BCUT2D eigenvalue weighted by atomic mass is 32.2. The van der Waals surface area contributed by atoms with E-state index in [1.165, 1.54) is 11.8 Å². The molecule has 2 N–H and O–H groups in total. The fourth-order valence-corrected chi connectivity index (χ4v) is 6.01. The predicted octanol–water partition coefficient (Wildman–Crippen LogP) is 4.50. The van der Waals surface area contributed by atoms with Crippen LogP contribution in [0.2, 0.25) is 0 Å². The van der Waals surface area contributed by atoms with E-state index >= 15 is 0 Å². The van der Waals surface area contributed by atoms with Gasteiger partial charge in [-0.15, -0.1) is 0 Å². The van der Waals surface area contributed by atoms with Crippen LogP contribution in [-0.4, -0.2) is 25.5 Å². The number of nitrogens with one attached hydrogen (secondary N) is 1. The van der Waals surface area contributed by atoms with Crippen LogP contribution in [0, 0.1) is 24.7 Å². The number of benzene rings is 1. The Bertz CT molecular complexity index is 875. The Labute approximate surface area is 174 Å². The lowest BCUT2D eigenvalue weighted by molar-refractivity contribution is -0.137. The number of hydrogen-bond donors (Lipinski definition) is 2. The number of aliphatic carboxylic acids is 1. The molecule has 0 aliphatic heterocycles. The summed E-state index contributed by atoms with van der Waals surface area (Å²) in [6.07, 6.45) is 11.6. The van der Waals surface area contributed by atoms with Gasteiger partial charge in [0.25, 0.3) is 0 Å². The third-order valence-corrected chi connectivity index (χ3v) is 7.30. The Balaban J connectivity index is 1.58. The van der Waals surface area contributed by atoms with Crippen LogP contribution in [0.3, 0.4) is 0 Å². The van der Waals surface area contributed by atoms with Crippen LogP contribution in [0.4, 0.5) is 0 Å². The second-order valence-corrected chi connectivity index (χ2v) is 9.99. The number of hydrogen-bond acceptors (Lipinski definition) is 3. The first-order chi connectivity index (χ1) is 13.8. The molecule has 4 unspecified atom stereocenters. The SMILES string of the molecule is Cc1cccc(C=CS(=O)(=O)NC2C3CCC(C3)C2CC=CCCCC(=O)O)c1. The van der Waals surface area contributed by atoms with Crippen LogP contribution < -0.4 is 4.72 Å². The maximum absolute atomic E-state index is 12.7. The van der Waals surface area contributed by atoms with Gasteiger partial charge in [-0.1, -0.05) is 42.0 Å². The summed E-state index contributed by atoms with van der Waals surface area (Å²) >= 11 is 0. The normalized spacial score (nSPS) is 26.7. The van der Waals surface area contributed by atoms with Crippen molar-refractivity contribution in [3.63, 3.8) is 0 Å². The summed E-state index contributed by atoms with van der Waals surface area (Å²) in [5.41, 5.74) is 1.98. The van der Waals surface area contributed by atoms with Crippen molar-refractivity contribution in [2.75, 3.05) is 0 Å². The highest BCUT2D eigenvalue weighted by Gasteiger charge is 2.47. The number of carboxylic acid groups (broad SMARTS) is 1. The van der Waals surface area contributed by atoms with Gasteiger partial charge in [-0.05, 0) is 74.8 Å². The number of fused-ring (bicyclic) bond motifs is 2. The molecule has 2 saturated carbocycles. The molecule has 5 nitrogen and oxygen atoms in total. The number of aryl methyl sites for hydroxylation is 1. The Morgan fingerprint density at radius 3 is 2.79 bits per heavy atom. The van der Waals surface area contributed by atoms with Crippen molar-refractivity contribution in [2.24, 2.45) is 17.8 Å². The topological polar surface area (TPSA) is 83.5 Å². The van der Waals surface area contributed by atoms with E-state index in [-0.39, 0.29) is 12.5 Å². The van der Waals surface area contributed by atoms with Crippen LogP contribution in [-0.2, 0) is 14.8 Å². The number of carbonyl (C=O) groups is 1. The molecule has 3 rings (SSSR count). The van der Waals surface area contributed by atoms with Gasteiger partial charge in [-0.25, -0.2) is 13.1 Å². The fourth-order valence-electron chi connectivity index (χ4n) is 4.85. The Morgan fingerprint density at radius 2 is 2.03 bits per heavy atom. The molecule has 158 valence electrons. The maximum Gasteiger partial charge on any atom is 0.303 e. The molecule has 0 heterocycles. The first-order valence-electron chi connectivity index (χ1n) is 10.5. The molecule has 2 aliphatic carbocycles. The summed E-state index contributed by atoms with van der Waals surface area (Å²) in [7, 11) is -3.50. The summed E-state index contributed by atoms with van der Waals surface area (Å²) < 4.78 is 28.3. The van der Waals surface area contributed by atoms with Gasteiger partial charge in [0.2, 0.25) is 10.0 Å². The first kappa shape index (κ1) is 21.8. The third kappa shape index (κ3) is 6.28. The summed E-state index contributed by atoms with van der Waals surface area (Å²) in [5.74, 6) is 0.566. The molecular weight excluding hydrogens is 386 g/mol. The van der Waals surface area contributed by atoms with Crippen molar-refractivity contribution in [1.29, 1.82) is 0 Å². The van der Waals surface area contributed by atoms with Crippen molar-refractivity contribution in [3.8, 4) is 0 Å².